The van der Waals surface area contributed by atoms with Crippen molar-refractivity contribution in [3.63, 3.8) is 0 Å². The Hall–Kier alpha value is -4.41. The number of anilines is 1. The highest BCUT2D eigenvalue weighted by atomic mass is 19.4. The van der Waals surface area contributed by atoms with Crippen molar-refractivity contribution in [3.8, 4) is 5.88 Å². The summed E-state index contributed by atoms with van der Waals surface area (Å²) in [4.78, 5) is 17.9. The van der Waals surface area contributed by atoms with Crippen LogP contribution in [0.2, 0.25) is 0 Å². The van der Waals surface area contributed by atoms with Crippen LogP contribution in [0.5, 0.6) is 5.88 Å². The lowest BCUT2D eigenvalue weighted by Crippen LogP contribution is -2.29. The lowest BCUT2D eigenvalue weighted by atomic mass is 10.1. The van der Waals surface area contributed by atoms with Crippen molar-refractivity contribution in [2.75, 3.05) is 11.9 Å². The molecule has 0 radical (unpaired) electrons. The average Bonchev–Trinajstić information content (AvgIpc) is 3.57. The Morgan fingerprint density at radius 1 is 1.08 bits per heavy atom. The standard InChI is InChI=1S/C26H24F3N5O3/c1-33(22-12-7-19(8-13-22)4-2-3-16-34-17-15-30-32-34)25(35)37-24-18-36-23(31-24)14-9-20-5-10-21(11-6-20)26(27,28)29/h5-15,17-18H,2-4,16H2,1H3. The van der Waals surface area contributed by atoms with E-state index in [1.165, 1.54) is 29.4 Å². The maximum atomic E-state index is 12.7. The Kier molecular flexibility index (Phi) is 8.02. The van der Waals surface area contributed by atoms with E-state index >= 15 is 0 Å². The van der Waals surface area contributed by atoms with Crippen LogP contribution in [0.15, 0.2) is 71.6 Å². The lowest BCUT2D eigenvalue weighted by Gasteiger charge is -2.16. The molecule has 2 heterocycles. The van der Waals surface area contributed by atoms with Crippen LogP contribution in [0, 0.1) is 0 Å². The Labute approximate surface area is 211 Å². The number of hydrogen-bond donors (Lipinski definition) is 0. The van der Waals surface area contributed by atoms with Crippen LogP contribution in [0.1, 0.15) is 35.4 Å². The minimum atomic E-state index is -4.39. The maximum Gasteiger partial charge on any atom is 0.420 e. The molecule has 0 aliphatic heterocycles. The normalized spacial score (nSPS) is 11.7. The van der Waals surface area contributed by atoms with Crippen LogP contribution in [0.4, 0.5) is 23.7 Å². The van der Waals surface area contributed by atoms with E-state index in [4.69, 9.17) is 9.15 Å². The molecule has 4 rings (SSSR count). The molecular formula is C26H24F3N5O3. The van der Waals surface area contributed by atoms with E-state index in [1.54, 1.807) is 24.0 Å². The SMILES string of the molecule is CN(C(=O)Oc1coc(C=Cc2ccc(C(F)(F)F)cc2)n1)c1ccc(CCCCn2ccnn2)cc1. The second-order valence-corrected chi connectivity index (χ2v) is 8.19. The van der Waals surface area contributed by atoms with Gasteiger partial charge >= 0.3 is 12.3 Å². The van der Waals surface area contributed by atoms with E-state index in [9.17, 15) is 18.0 Å². The number of carbonyl (C=O) groups excluding carboxylic acids is 1. The summed E-state index contributed by atoms with van der Waals surface area (Å²) >= 11 is 0. The van der Waals surface area contributed by atoms with E-state index in [-0.39, 0.29) is 11.8 Å². The minimum Gasteiger partial charge on any atom is -0.441 e. The monoisotopic (exact) mass is 511 g/mol. The average molecular weight is 512 g/mol. The lowest BCUT2D eigenvalue weighted by molar-refractivity contribution is -0.137. The van der Waals surface area contributed by atoms with Crippen molar-refractivity contribution >= 4 is 23.9 Å². The van der Waals surface area contributed by atoms with Crippen molar-refractivity contribution in [2.45, 2.75) is 32.0 Å². The largest absolute Gasteiger partial charge is 0.441 e. The molecule has 2 aromatic carbocycles. The first-order valence-corrected chi connectivity index (χ1v) is 11.5. The van der Waals surface area contributed by atoms with Crippen molar-refractivity contribution in [2.24, 2.45) is 0 Å². The first-order valence-electron chi connectivity index (χ1n) is 11.5. The summed E-state index contributed by atoms with van der Waals surface area (Å²) in [7, 11) is 1.58. The Morgan fingerprint density at radius 2 is 1.84 bits per heavy atom. The molecule has 0 atom stereocenters. The zero-order chi connectivity index (χ0) is 26.3. The summed E-state index contributed by atoms with van der Waals surface area (Å²) in [6.45, 7) is 0.821. The van der Waals surface area contributed by atoms with Gasteiger partial charge in [-0.05, 0) is 60.7 Å². The van der Waals surface area contributed by atoms with E-state index < -0.39 is 17.8 Å². The molecule has 0 unspecified atom stereocenters. The predicted octanol–water partition coefficient (Wildman–Crippen LogP) is 6.11. The fraction of sp³-hybridized carbons (Fsp3) is 0.231. The zero-order valence-corrected chi connectivity index (χ0v) is 19.9. The summed E-state index contributed by atoms with van der Waals surface area (Å²) in [5.41, 5.74) is 1.61. The van der Waals surface area contributed by atoms with Crippen LogP contribution in [-0.4, -0.2) is 33.1 Å². The van der Waals surface area contributed by atoms with Gasteiger partial charge in [-0.1, -0.05) is 29.5 Å². The van der Waals surface area contributed by atoms with Crippen molar-refractivity contribution in [1.29, 1.82) is 0 Å². The molecule has 0 aliphatic rings. The summed E-state index contributed by atoms with van der Waals surface area (Å²) in [5.74, 6) is 0.103. The number of hydrogen-bond acceptors (Lipinski definition) is 6. The summed E-state index contributed by atoms with van der Waals surface area (Å²) in [5, 5.41) is 7.73. The molecule has 0 saturated carbocycles. The second-order valence-electron chi connectivity index (χ2n) is 8.19. The van der Waals surface area contributed by atoms with Crippen LogP contribution in [0.3, 0.4) is 0 Å². The van der Waals surface area contributed by atoms with Gasteiger partial charge in [0.05, 0.1) is 11.8 Å². The topological polar surface area (TPSA) is 86.3 Å². The number of halogens is 3. The van der Waals surface area contributed by atoms with Crippen LogP contribution in [-0.2, 0) is 19.1 Å². The van der Waals surface area contributed by atoms with E-state index in [2.05, 4.69) is 15.3 Å². The fourth-order valence-corrected chi connectivity index (χ4v) is 3.45. The third-order valence-electron chi connectivity index (χ3n) is 5.52. The summed E-state index contributed by atoms with van der Waals surface area (Å²) in [6.07, 6.45) is 5.54. The smallest absolute Gasteiger partial charge is 0.420 e. The first kappa shape index (κ1) is 25.7. The molecule has 0 saturated heterocycles. The molecule has 0 N–H and O–H groups in total. The highest BCUT2D eigenvalue weighted by Gasteiger charge is 2.29. The van der Waals surface area contributed by atoms with Crippen molar-refractivity contribution in [3.05, 3.63) is 89.8 Å². The third-order valence-corrected chi connectivity index (χ3v) is 5.52. The number of unbranched alkanes of at least 4 members (excludes halogenated alkanes) is 1. The number of benzene rings is 2. The molecule has 2 aromatic heterocycles. The van der Waals surface area contributed by atoms with Gasteiger partial charge in [-0.15, -0.1) is 5.10 Å². The van der Waals surface area contributed by atoms with Gasteiger partial charge in [0.1, 0.15) is 0 Å². The number of aromatic nitrogens is 4. The van der Waals surface area contributed by atoms with Gasteiger partial charge in [-0.3, -0.25) is 9.58 Å². The molecule has 0 bridgehead atoms. The van der Waals surface area contributed by atoms with Crippen LogP contribution < -0.4 is 9.64 Å². The molecule has 0 aliphatic carbocycles. The molecule has 11 heteroatoms. The fourth-order valence-electron chi connectivity index (χ4n) is 3.45. The van der Waals surface area contributed by atoms with Crippen LogP contribution >= 0.6 is 0 Å². The molecule has 37 heavy (non-hydrogen) atoms. The Bertz CT molecular complexity index is 1320. The van der Waals surface area contributed by atoms with E-state index in [0.29, 0.717) is 11.3 Å². The number of aryl methyl sites for hydroxylation is 2. The number of nitrogens with zero attached hydrogens (tertiary/aromatic N) is 5. The molecule has 192 valence electrons. The van der Waals surface area contributed by atoms with E-state index in [1.807, 2.05) is 30.5 Å². The molecule has 0 fully saturated rings. The van der Waals surface area contributed by atoms with Crippen LogP contribution in [0.25, 0.3) is 12.2 Å². The zero-order valence-electron chi connectivity index (χ0n) is 19.9. The van der Waals surface area contributed by atoms with Gasteiger partial charge in [0, 0.05) is 31.6 Å². The Balaban J connectivity index is 1.26. The third kappa shape index (κ3) is 7.29. The highest BCUT2D eigenvalue weighted by Crippen LogP contribution is 2.29. The van der Waals surface area contributed by atoms with Gasteiger partial charge in [-0.2, -0.15) is 18.2 Å². The second kappa shape index (κ2) is 11.5. The van der Waals surface area contributed by atoms with Gasteiger partial charge in [0.15, 0.2) is 6.26 Å². The first-order chi connectivity index (χ1) is 17.8. The summed E-state index contributed by atoms with van der Waals surface area (Å²) < 4.78 is 50.3. The molecule has 0 spiro atoms. The number of ether oxygens (including phenoxy) is 1. The number of amides is 1. The molecule has 1 amide bonds. The number of alkyl halides is 3. The van der Waals surface area contributed by atoms with Crippen molar-refractivity contribution in [1.82, 2.24) is 20.0 Å². The number of rotatable bonds is 9. The predicted molar refractivity (Wildman–Crippen MR) is 131 cm³/mol. The van der Waals surface area contributed by atoms with Crippen molar-refractivity contribution < 1.29 is 27.1 Å². The number of oxazole rings is 1. The molecule has 8 nitrogen and oxygen atoms in total. The molecular weight excluding hydrogens is 487 g/mol. The minimum absolute atomic E-state index is 0.0343. The van der Waals surface area contributed by atoms with Gasteiger partial charge in [0.25, 0.3) is 5.88 Å². The molecule has 4 aromatic rings. The van der Waals surface area contributed by atoms with E-state index in [0.717, 1.165) is 43.5 Å². The quantitative estimate of drug-likeness (QED) is 0.252. The maximum absolute atomic E-state index is 12.7. The van der Waals surface area contributed by atoms with Gasteiger partial charge < -0.3 is 9.15 Å². The number of carbonyl (C=O) groups is 1. The van der Waals surface area contributed by atoms with Gasteiger partial charge in [-0.25, -0.2) is 4.79 Å². The summed E-state index contributed by atoms with van der Waals surface area (Å²) in [6, 6.07) is 12.3. The Morgan fingerprint density at radius 3 is 2.51 bits per heavy atom. The van der Waals surface area contributed by atoms with Gasteiger partial charge in [0.2, 0.25) is 5.89 Å². The highest BCUT2D eigenvalue weighted by molar-refractivity contribution is 5.88.